The number of anilines is 2. The normalized spacial score (nSPS) is 31.0. The third-order valence-electron chi connectivity index (χ3n) is 10.8. The van der Waals surface area contributed by atoms with Gasteiger partial charge in [0.1, 0.15) is 17.6 Å². The van der Waals surface area contributed by atoms with Crippen LogP contribution in [0.3, 0.4) is 0 Å². The van der Waals surface area contributed by atoms with Crippen LogP contribution in [0, 0.1) is 11.3 Å². The molecule has 0 radical (unpaired) electrons. The Morgan fingerprint density at radius 2 is 1.64 bits per heavy atom. The van der Waals surface area contributed by atoms with E-state index in [-0.39, 0.29) is 74.9 Å². The zero-order chi connectivity index (χ0) is 33.8. The number of hydrogen-bond acceptors (Lipinski definition) is 8. The first-order chi connectivity index (χ1) is 22.2. The molecule has 3 unspecified atom stereocenters. The first-order valence-corrected chi connectivity index (χ1v) is 16.3. The molecule has 3 atom stereocenters. The summed E-state index contributed by atoms with van der Waals surface area (Å²) in [7, 11) is 0. The zero-order valence-corrected chi connectivity index (χ0v) is 26.5. The van der Waals surface area contributed by atoms with Gasteiger partial charge in [0.05, 0.1) is 5.71 Å². The zero-order valence-electron chi connectivity index (χ0n) is 26.5. The lowest BCUT2D eigenvalue weighted by atomic mass is 9.58. The minimum atomic E-state index is -2.74. The lowest BCUT2D eigenvalue weighted by Crippen LogP contribution is -2.66. The van der Waals surface area contributed by atoms with Crippen LogP contribution in [0.1, 0.15) is 94.8 Å². The van der Waals surface area contributed by atoms with Crippen molar-refractivity contribution >= 4 is 29.3 Å². The molecule has 14 heteroatoms. The Morgan fingerprint density at radius 3 is 2.19 bits per heavy atom. The topological polar surface area (TPSA) is 108 Å². The summed E-state index contributed by atoms with van der Waals surface area (Å²) in [4.78, 5) is 16.8. The lowest BCUT2D eigenvalue weighted by Gasteiger charge is -2.57. The van der Waals surface area contributed by atoms with E-state index in [4.69, 9.17) is 15.9 Å². The Labute approximate surface area is 270 Å². The Bertz CT molecular complexity index is 1510. The van der Waals surface area contributed by atoms with Gasteiger partial charge in [0.2, 0.25) is 11.8 Å². The number of nitrogens with zero attached hydrogens (tertiary/aromatic N) is 4. The second-order valence-electron chi connectivity index (χ2n) is 14.1. The van der Waals surface area contributed by atoms with Crippen LogP contribution in [0.25, 0.3) is 0 Å². The molecule has 8 nitrogen and oxygen atoms in total. The molecule has 2 spiro atoms. The third-order valence-corrected chi connectivity index (χ3v) is 10.8. The van der Waals surface area contributed by atoms with Gasteiger partial charge in [-0.2, -0.15) is 10.2 Å². The van der Waals surface area contributed by atoms with Gasteiger partial charge in [-0.25, -0.2) is 36.3 Å². The van der Waals surface area contributed by atoms with E-state index in [9.17, 15) is 31.1 Å². The molecule has 2 heterocycles. The predicted molar refractivity (Wildman–Crippen MR) is 168 cm³/mol. The van der Waals surface area contributed by atoms with Gasteiger partial charge in [-0.05, 0) is 77.0 Å². The average Bonchev–Trinajstić information content (AvgIpc) is 3.37. The van der Waals surface area contributed by atoms with Crippen LogP contribution in [-0.2, 0) is 0 Å². The van der Waals surface area contributed by atoms with Crippen LogP contribution in [0.4, 0.5) is 38.0 Å². The quantitative estimate of drug-likeness (QED) is 0.0892. The van der Waals surface area contributed by atoms with Crippen molar-refractivity contribution < 1.29 is 31.1 Å². The van der Waals surface area contributed by atoms with E-state index >= 15 is 0 Å². The summed E-state index contributed by atoms with van der Waals surface area (Å²) >= 11 is 0. The Kier molecular flexibility index (Phi) is 8.61. The van der Waals surface area contributed by atoms with Gasteiger partial charge in [-0.1, -0.05) is 6.08 Å². The van der Waals surface area contributed by atoms with Crippen LogP contribution >= 0.6 is 0 Å². The highest BCUT2D eigenvalue weighted by Crippen LogP contribution is 2.58. The standard InChI is InChI=1S/C33H41F6N7O/c1-19(44-40)23-15-30(14-22(29(34)35)13-26(30)41-24-3-7-32(36,37)8-4-24)18-31(16-23)20(2)45-46(31)28-12-21(17-47)11-27(43-28)42-25-5-9-33(38,39)10-6-25/h11-14,17,23-25,29,41H,3-10,15-16,18,40H2,1-2H3,(H,42,43)/b44-19-. The number of rotatable bonds is 8. The Hall–Kier alpha value is -3.58. The molecule has 0 saturated heterocycles. The van der Waals surface area contributed by atoms with E-state index in [2.05, 4.69) is 15.7 Å². The molecule has 3 saturated carbocycles. The fourth-order valence-electron chi connectivity index (χ4n) is 8.10. The van der Waals surface area contributed by atoms with E-state index in [1.807, 2.05) is 6.92 Å². The maximum Gasteiger partial charge on any atom is 0.263 e. The summed E-state index contributed by atoms with van der Waals surface area (Å²) in [6.07, 6.45) is 2.13. The number of aromatic nitrogens is 1. The van der Waals surface area contributed by atoms with Crippen molar-refractivity contribution in [2.24, 2.45) is 27.4 Å². The Morgan fingerprint density at radius 1 is 1.02 bits per heavy atom. The molecule has 0 bridgehead atoms. The maximum absolute atomic E-state index is 14.3. The molecule has 0 amide bonds. The highest BCUT2D eigenvalue weighted by Gasteiger charge is 2.60. The number of nitrogens with two attached hydrogens (primary N) is 1. The summed E-state index contributed by atoms with van der Waals surface area (Å²) in [5.74, 6) is 0.787. The number of carbonyl (C=O) groups excluding carboxylic acids is 1. The number of halogens is 6. The van der Waals surface area contributed by atoms with Gasteiger partial charge >= 0.3 is 0 Å². The van der Waals surface area contributed by atoms with Crippen LogP contribution in [0.2, 0.25) is 0 Å². The fraction of sp³-hybridized carbons (Fsp3) is 0.636. The Balaban J connectivity index is 1.35. The number of hydrogen-bond donors (Lipinski definition) is 3. The highest BCUT2D eigenvalue weighted by atomic mass is 19.3. The molecule has 1 aliphatic heterocycles. The summed E-state index contributed by atoms with van der Waals surface area (Å²) in [5, 5.41) is 17.0. The van der Waals surface area contributed by atoms with Crippen LogP contribution in [-0.4, -0.2) is 58.6 Å². The monoisotopic (exact) mass is 665 g/mol. The summed E-state index contributed by atoms with van der Waals surface area (Å²) in [6, 6.07) is 2.62. The molecule has 5 aliphatic rings. The number of carbonyl (C=O) groups is 1. The smallest absolute Gasteiger partial charge is 0.263 e. The van der Waals surface area contributed by atoms with E-state index < -0.39 is 29.2 Å². The first kappa shape index (κ1) is 33.3. The van der Waals surface area contributed by atoms with Gasteiger partial charge in [0, 0.05) is 71.6 Å². The van der Waals surface area contributed by atoms with Crippen LogP contribution in [0.15, 0.2) is 45.8 Å². The van der Waals surface area contributed by atoms with Crippen molar-refractivity contribution in [2.45, 2.75) is 120 Å². The van der Waals surface area contributed by atoms with Crippen molar-refractivity contribution in [3.63, 3.8) is 0 Å². The predicted octanol–water partition coefficient (Wildman–Crippen LogP) is 7.20. The molecule has 3 fully saturated rings. The van der Waals surface area contributed by atoms with Crippen molar-refractivity contribution in [1.29, 1.82) is 0 Å². The highest BCUT2D eigenvalue weighted by molar-refractivity contribution is 6.02. The number of aldehydes is 1. The summed E-state index contributed by atoms with van der Waals surface area (Å²) < 4.78 is 84.1. The third kappa shape index (κ3) is 6.48. The van der Waals surface area contributed by atoms with Crippen molar-refractivity contribution in [3.05, 3.63) is 41.1 Å². The molecule has 4 aliphatic carbocycles. The minimum absolute atomic E-state index is 0.141. The maximum atomic E-state index is 14.3. The molecule has 47 heavy (non-hydrogen) atoms. The van der Waals surface area contributed by atoms with Gasteiger partial charge in [-0.15, -0.1) is 0 Å². The molecule has 6 rings (SSSR count). The molecule has 1 aromatic rings. The molecule has 256 valence electrons. The average molecular weight is 666 g/mol. The van der Waals surface area contributed by atoms with Crippen LogP contribution < -0.4 is 21.5 Å². The largest absolute Gasteiger partial charge is 0.385 e. The fourth-order valence-corrected chi connectivity index (χ4v) is 8.10. The van der Waals surface area contributed by atoms with Gasteiger partial charge < -0.3 is 16.5 Å². The second kappa shape index (κ2) is 12.1. The number of allylic oxidation sites excluding steroid dienone is 3. The van der Waals surface area contributed by atoms with Crippen molar-refractivity contribution in [2.75, 3.05) is 10.3 Å². The molecular formula is C33H41F6N7O. The second-order valence-corrected chi connectivity index (χ2v) is 14.1. The summed E-state index contributed by atoms with van der Waals surface area (Å²) in [6.45, 7) is 3.65. The SMILES string of the molecule is CC1=NN(c2cc(C=O)cc(NC3CCC(F)(F)CC3)n2)C12CC(/C(C)=N\N)CC1(C=C(C(F)F)C=C1NC1CCC(F)(F)CC1)C2. The molecular weight excluding hydrogens is 624 g/mol. The van der Waals surface area contributed by atoms with Gasteiger partial charge in [0.15, 0.2) is 5.82 Å². The van der Waals surface area contributed by atoms with E-state index in [1.54, 1.807) is 30.1 Å². The van der Waals surface area contributed by atoms with Crippen molar-refractivity contribution in [3.8, 4) is 0 Å². The molecule has 0 aromatic carbocycles. The minimum Gasteiger partial charge on any atom is -0.385 e. The summed E-state index contributed by atoms with van der Waals surface area (Å²) in [5.41, 5.74) is 0.330. The molecule has 4 N–H and O–H groups in total. The van der Waals surface area contributed by atoms with E-state index in [1.165, 1.54) is 6.08 Å². The number of pyridine rings is 1. The first-order valence-electron chi connectivity index (χ1n) is 16.3. The van der Waals surface area contributed by atoms with E-state index in [0.29, 0.717) is 54.2 Å². The van der Waals surface area contributed by atoms with Crippen molar-refractivity contribution in [1.82, 2.24) is 10.3 Å². The lowest BCUT2D eigenvalue weighted by molar-refractivity contribution is -0.0402. The number of nitrogens with one attached hydrogen (secondary N) is 2. The van der Waals surface area contributed by atoms with Crippen LogP contribution in [0.5, 0.6) is 0 Å². The van der Waals surface area contributed by atoms with Gasteiger partial charge in [-0.3, -0.25) is 4.79 Å². The van der Waals surface area contributed by atoms with E-state index in [0.717, 1.165) is 5.71 Å². The number of alkyl halides is 6. The van der Waals surface area contributed by atoms with Gasteiger partial charge in [0.25, 0.3) is 6.43 Å². The molecule has 1 aromatic heterocycles. The number of hydrazone groups is 2.